The summed E-state index contributed by atoms with van der Waals surface area (Å²) in [6.45, 7) is 1.84. The van der Waals surface area contributed by atoms with Crippen molar-refractivity contribution in [3.8, 4) is 17.0 Å². The first-order chi connectivity index (χ1) is 13.2. The number of amides is 1. The molecule has 0 spiro atoms. The van der Waals surface area contributed by atoms with Gasteiger partial charge in [0.05, 0.1) is 17.9 Å². The molecule has 140 valence electrons. The topological polar surface area (TPSA) is 81.7 Å². The van der Waals surface area contributed by atoms with E-state index in [1.54, 1.807) is 12.1 Å². The summed E-state index contributed by atoms with van der Waals surface area (Å²) in [5.41, 5.74) is 8.18. The molecule has 2 aromatic heterocycles. The van der Waals surface area contributed by atoms with E-state index >= 15 is 0 Å². The summed E-state index contributed by atoms with van der Waals surface area (Å²) >= 11 is 0. The lowest BCUT2D eigenvalue weighted by Gasteiger charge is -2.23. The molecule has 1 aliphatic rings. The van der Waals surface area contributed by atoms with Crippen LogP contribution in [-0.4, -0.2) is 34.5 Å². The van der Waals surface area contributed by atoms with Crippen molar-refractivity contribution in [2.45, 2.75) is 31.7 Å². The number of nitrogens with one attached hydrogen (secondary N) is 1. The predicted octanol–water partition coefficient (Wildman–Crippen LogP) is 3.01. The number of aromatic nitrogens is 2. The number of piperidine rings is 1. The van der Waals surface area contributed by atoms with Crippen molar-refractivity contribution < 1.29 is 9.53 Å². The van der Waals surface area contributed by atoms with Crippen LogP contribution in [0.3, 0.4) is 0 Å². The molecule has 0 saturated carbocycles. The van der Waals surface area contributed by atoms with Gasteiger partial charge in [-0.25, -0.2) is 4.98 Å². The van der Waals surface area contributed by atoms with Crippen molar-refractivity contribution >= 4 is 11.6 Å². The van der Waals surface area contributed by atoms with Gasteiger partial charge in [0.1, 0.15) is 11.4 Å². The van der Waals surface area contributed by atoms with Gasteiger partial charge in [-0.05, 0) is 62.2 Å². The molecule has 4 rings (SSSR count). The van der Waals surface area contributed by atoms with E-state index in [-0.39, 0.29) is 0 Å². The van der Waals surface area contributed by atoms with E-state index in [9.17, 15) is 4.79 Å². The number of imidazole rings is 1. The Kier molecular flexibility index (Phi) is 5.07. The molecule has 1 aliphatic heterocycles. The maximum Gasteiger partial charge on any atom is 0.252 e. The molecule has 3 aromatic rings. The Morgan fingerprint density at radius 3 is 2.85 bits per heavy atom. The molecule has 1 fully saturated rings. The third-order valence-corrected chi connectivity index (χ3v) is 5.05. The highest BCUT2D eigenvalue weighted by atomic mass is 16.5. The Hall–Kier alpha value is -2.86. The van der Waals surface area contributed by atoms with Crippen molar-refractivity contribution in [3.63, 3.8) is 0 Å². The van der Waals surface area contributed by atoms with Crippen molar-refractivity contribution in [3.05, 3.63) is 54.4 Å². The number of rotatable bonds is 6. The second-order valence-corrected chi connectivity index (χ2v) is 6.95. The highest BCUT2D eigenvalue weighted by Crippen LogP contribution is 2.23. The van der Waals surface area contributed by atoms with E-state index in [0.29, 0.717) is 23.9 Å². The Morgan fingerprint density at radius 2 is 2.11 bits per heavy atom. The van der Waals surface area contributed by atoms with Crippen LogP contribution in [0, 0.1) is 0 Å². The van der Waals surface area contributed by atoms with Crippen LogP contribution in [0.25, 0.3) is 16.9 Å². The fourth-order valence-corrected chi connectivity index (χ4v) is 3.56. The van der Waals surface area contributed by atoms with Crippen LogP contribution in [0.4, 0.5) is 0 Å². The minimum Gasteiger partial charge on any atom is -0.494 e. The summed E-state index contributed by atoms with van der Waals surface area (Å²) in [5, 5.41) is 3.54. The van der Waals surface area contributed by atoms with Crippen LogP contribution >= 0.6 is 0 Å². The monoisotopic (exact) mass is 364 g/mol. The molecule has 6 heteroatoms. The number of hydrogen-bond acceptors (Lipinski definition) is 4. The molecule has 1 amide bonds. The number of carbonyl (C=O) groups is 1. The smallest absolute Gasteiger partial charge is 0.252 e. The second kappa shape index (κ2) is 7.80. The lowest BCUT2D eigenvalue weighted by Crippen LogP contribution is -2.35. The average molecular weight is 364 g/mol. The zero-order chi connectivity index (χ0) is 18.6. The van der Waals surface area contributed by atoms with Gasteiger partial charge in [-0.2, -0.15) is 0 Å². The van der Waals surface area contributed by atoms with Crippen LogP contribution < -0.4 is 15.8 Å². The van der Waals surface area contributed by atoms with Gasteiger partial charge < -0.3 is 20.2 Å². The number of nitrogens with zero attached hydrogens (tertiary/aromatic N) is 2. The Bertz CT molecular complexity index is 927. The molecule has 0 bridgehead atoms. The maximum atomic E-state index is 11.6. The number of benzene rings is 1. The van der Waals surface area contributed by atoms with E-state index in [2.05, 4.69) is 10.3 Å². The molecule has 0 radical (unpaired) electrons. The number of nitrogens with two attached hydrogens (primary N) is 1. The average Bonchev–Trinajstić information content (AvgIpc) is 3.13. The van der Waals surface area contributed by atoms with Gasteiger partial charge in [0.25, 0.3) is 5.91 Å². The maximum absolute atomic E-state index is 11.6. The first-order valence-electron chi connectivity index (χ1n) is 9.45. The van der Waals surface area contributed by atoms with Crippen LogP contribution in [0.2, 0.25) is 0 Å². The van der Waals surface area contributed by atoms with Crippen molar-refractivity contribution in [2.75, 3.05) is 13.2 Å². The van der Waals surface area contributed by atoms with E-state index in [4.69, 9.17) is 10.5 Å². The van der Waals surface area contributed by atoms with E-state index in [1.165, 1.54) is 19.3 Å². The first kappa shape index (κ1) is 17.5. The van der Waals surface area contributed by atoms with Gasteiger partial charge >= 0.3 is 0 Å². The van der Waals surface area contributed by atoms with E-state index in [0.717, 1.165) is 30.0 Å². The van der Waals surface area contributed by atoms with Crippen LogP contribution in [0.1, 0.15) is 36.0 Å². The van der Waals surface area contributed by atoms with Crippen LogP contribution in [0.5, 0.6) is 5.75 Å². The Balaban J connectivity index is 1.43. The standard InChI is InChI=1S/C21H24N4O2/c22-20(26)18-5-3-12-25-14-19(24-21(18)25)15-6-8-17(9-7-15)27-13-10-16-4-1-2-11-23-16/h3,5-9,12,14,16,23H,1-2,4,10-11,13H2,(H2,22,26). The Morgan fingerprint density at radius 1 is 1.26 bits per heavy atom. The lowest BCUT2D eigenvalue weighted by molar-refractivity contribution is 0.100. The van der Waals surface area contributed by atoms with Crippen molar-refractivity contribution in [1.29, 1.82) is 0 Å². The minimum atomic E-state index is -0.478. The number of carbonyl (C=O) groups excluding carboxylic acids is 1. The highest BCUT2D eigenvalue weighted by molar-refractivity contribution is 5.98. The van der Waals surface area contributed by atoms with Crippen LogP contribution in [-0.2, 0) is 0 Å². The summed E-state index contributed by atoms with van der Waals surface area (Å²) in [6.07, 6.45) is 8.61. The van der Waals surface area contributed by atoms with Gasteiger partial charge in [0, 0.05) is 24.0 Å². The summed E-state index contributed by atoms with van der Waals surface area (Å²) < 4.78 is 7.70. The number of primary amides is 1. The molecule has 3 heterocycles. The van der Waals surface area contributed by atoms with Crippen molar-refractivity contribution in [1.82, 2.24) is 14.7 Å². The largest absolute Gasteiger partial charge is 0.494 e. The molecule has 1 unspecified atom stereocenters. The summed E-state index contributed by atoms with van der Waals surface area (Å²) in [7, 11) is 0. The molecule has 1 atom stereocenters. The summed E-state index contributed by atoms with van der Waals surface area (Å²) in [5.74, 6) is 0.380. The summed E-state index contributed by atoms with van der Waals surface area (Å²) in [4.78, 5) is 16.1. The molecule has 1 aromatic carbocycles. The molecular formula is C21H24N4O2. The van der Waals surface area contributed by atoms with Gasteiger partial charge in [-0.15, -0.1) is 0 Å². The normalized spacial score (nSPS) is 17.1. The highest BCUT2D eigenvalue weighted by Gasteiger charge is 2.13. The molecular weight excluding hydrogens is 340 g/mol. The molecule has 3 N–H and O–H groups in total. The van der Waals surface area contributed by atoms with Gasteiger partial charge in [-0.3, -0.25) is 4.79 Å². The predicted molar refractivity (Wildman–Crippen MR) is 105 cm³/mol. The third-order valence-electron chi connectivity index (χ3n) is 5.05. The first-order valence-corrected chi connectivity index (χ1v) is 9.45. The zero-order valence-corrected chi connectivity index (χ0v) is 15.2. The second-order valence-electron chi connectivity index (χ2n) is 6.95. The fourth-order valence-electron chi connectivity index (χ4n) is 3.56. The van der Waals surface area contributed by atoms with E-state index < -0.39 is 5.91 Å². The Labute approximate surface area is 158 Å². The SMILES string of the molecule is NC(=O)c1cccn2cc(-c3ccc(OCCC4CCCCN4)cc3)nc12. The van der Waals surface area contributed by atoms with Crippen molar-refractivity contribution in [2.24, 2.45) is 5.73 Å². The summed E-state index contributed by atoms with van der Waals surface area (Å²) in [6, 6.07) is 11.9. The van der Waals surface area contributed by atoms with Gasteiger partial charge in [-0.1, -0.05) is 6.42 Å². The minimum absolute atomic E-state index is 0.417. The fraction of sp³-hybridized carbons (Fsp3) is 0.333. The number of hydrogen-bond donors (Lipinski definition) is 2. The molecule has 6 nitrogen and oxygen atoms in total. The molecule has 27 heavy (non-hydrogen) atoms. The number of ether oxygens (including phenoxy) is 1. The van der Waals surface area contributed by atoms with Crippen LogP contribution in [0.15, 0.2) is 48.8 Å². The van der Waals surface area contributed by atoms with Gasteiger partial charge in [0.15, 0.2) is 0 Å². The van der Waals surface area contributed by atoms with Gasteiger partial charge in [0.2, 0.25) is 0 Å². The number of fused-ring (bicyclic) bond motifs is 1. The zero-order valence-electron chi connectivity index (χ0n) is 15.2. The molecule has 0 aliphatic carbocycles. The molecule has 1 saturated heterocycles. The van der Waals surface area contributed by atoms with E-state index in [1.807, 2.05) is 41.1 Å². The lowest BCUT2D eigenvalue weighted by atomic mass is 10.0. The quantitative estimate of drug-likeness (QED) is 0.704. The third kappa shape index (κ3) is 3.95. The number of pyridine rings is 1.